The van der Waals surface area contributed by atoms with Gasteiger partial charge in [-0.25, -0.2) is 13.4 Å². The van der Waals surface area contributed by atoms with Crippen molar-refractivity contribution in [2.75, 3.05) is 45.0 Å². The second kappa shape index (κ2) is 8.58. The number of amides is 1. The highest BCUT2D eigenvalue weighted by atomic mass is 32.2. The molecule has 1 saturated heterocycles. The van der Waals surface area contributed by atoms with Crippen LogP contribution in [0.4, 0.5) is 11.5 Å². The zero-order valence-electron chi connectivity index (χ0n) is 18.7. The fraction of sp³-hybridized carbons (Fsp3) is 0.261. The van der Waals surface area contributed by atoms with E-state index in [-0.39, 0.29) is 10.8 Å². The summed E-state index contributed by atoms with van der Waals surface area (Å²) in [5, 5.41) is 11.7. The topological polar surface area (TPSA) is 127 Å². The lowest BCUT2D eigenvalue weighted by atomic mass is 10.1. The largest absolute Gasteiger partial charge is 0.495 e. The molecule has 3 heterocycles. The number of nitrogens with one attached hydrogen (secondary N) is 2. The Hall–Kier alpha value is -3.70. The van der Waals surface area contributed by atoms with Crippen LogP contribution in [-0.4, -0.2) is 74.1 Å². The monoisotopic (exact) mass is 481 g/mol. The maximum atomic E-state index is 12.8. The Morgan fingerprint density at radius 3 is 2.68 bits per heavy atom. The Labute approximate surface area is 195 Å². The second-order valence-corrected chi connectivity index (χ2v) is 10.0. The van der Waals surface area contributed by atoms with Crippen LogP contribution in [0.5, 0.6) is 5.75 Å². The van der Waals surface area contributed by atoms with E-state index in [4.69, 9.17) is 9.47 Å². The zero-order chi connectivity index (χ0) is 23.9. The minimum atomic E-state index is -3.36. The molecule has 10 nitrogen and oxygen atoms in total. The molecular weight excluding hydrogens is 458 g/mol. The zero-order valence-corrected chi connectivity index (χ0v) is 19.5. The number of sulfone groups is 1. The summed E-state index contributed by atoms with van der Waals surface area (Å²) in [5.74, 6) is 0.911. The molecule has 1 aliphatic rings. The van der Waals surface area contributed by atoms with Crippen molar-refractivity contribution >= 4 is 49.1 Å². The lowest BCUT2D eigenvalue weighted by Gasteiger charge is -2.27. The quantitative estimate of drug-likeness (QED) is 0.446. The molecule has 2 aromatic carbocycles. The number of morpholine rings is 1. The molecule has 1 aliphatic heterocycles. The number of ether oxygens (including phenoxy) is 2. The van der Waals surface area contributed by atoms with E-state index >= 15 is 0 Å². The van der Waals surface area contributed by atoms with Crippen LogP contribution in [0, 0.1) is 0 Å². The van der Waals surface area contributed by atoms with Gasteiger partial charge in [-0.2, -0.15) is 5.10 Å². The normalized spacial score (nSPS) is 14.5. The summed E-state index contributed by atoms with van der Waals surface area (Å²) < 4.78 is 34.9. The highest BCUT2D eigenvalue weighted by Crippen LogP contribution is 2.34. The average Bonchev–Trinajstić information content (AvgIpc) is 3.34. The molecule has 0 unspecified atom stereocenters. The van der Waals surface area contributed by atoms with Crippen LogP contribution < -0.4 is 10.1 Å². The summed E-state index contributed by atoms with van der Waals surface area (Å²) in [6, 6.07) is 10.0. The summed E-state index contributed by atoms with van der Waals surface area (Å²) in [7, 11) is -1.82. The Morgan fingerprint density at radius 1 is 1.15 bits per heavy atom. The third-order valence-electron chi connectivity index (χ3n) is 5.79. The van der Waals surface area contributed by atoms with Crippen LogP contribution >= 0.6 is 0 Å². The number of nitrogens with zero attached hydrogens (tertiary/aromatic N) is 3. The molecule has 0 bridgehead atoms. The summed E-state index contributed by atoms with van der Waals surface area (Å²) in [4.78, 5) is 19.5. The van der Waals surface area contributed by atoms with Gasteiger partial charge in [0.05, 0.1) is 42.6 Å². The van der Waals surface area contributed by atoms with Crippen molar-refractivity contribution in [3.63, 3.8) is 0 Å². The van der Waals surface area contributed by atoms with Gasteiger partial charge in [0.2, 0.25) is 0 Å². The van der Waals surface area contributed by atoms with Crippen molar-refractivity contribution in [1.82, 2.24) is 20.1 Å². The number of carbonyl (C=O) groups excluding carboxylic acids is 1. The summed E-state index contributed by atoms with van der Waals surface area (Å²) in [5.41, 5.74) is 2.38. The number of anilines is 2. The summed E-state index contributed by atoms with van der Waals surface area (Å²) in [6.45, 7) is 2.17. The van der Waals surface area contributed by atoms with Gasteiger partial charge in [0.1, 0.15) is 11.3 Å². The third-order valence-corrected chi connectivity index (χ3v) is 6.90. The molecule has 2 aromatic heterocycles. The first kappa shape index (κ1) is 22.1. The van der Waals surface area contributed by atoms with Gasteiger partial charge >= 0.3 is 0 Å². The molecule has 4 aromatic rings. The van der Waals surface area contributed by atoms with Crippen molar-refractivity contribution in [2.24, 2.45) is 0 Å². The van der Waals surface area contributed by atoms with Gasteiger partial charge in [0.15, 0.2) is 15.7 Å². The van der Waals surface area contributed by atoms with Crippen LogP contribution in [-0.2, 0) is 14.6 Å². The van der Waals surface area contributed by atoms with E-state index in [2.05, 4.69) is 20.5 Å². The van der Waals surface area contributed by atoms with Gasteiger partial charge in [-0.15, -0.1) is 0 Å². The number of pyridine rings is 1. The van der Waals surface area contributed by atoms with Crippen LogP contribution in [0.15, 0.2) is 47.5 Å². The van der Waals surface area contributed by atoms with Crippen LogP contribution in [0.3, 0.4) is 0 Å². The first-order valence-electron chi connectivity index (χ1n) is 10.6. The molecule has 0 aliphatic carbocycles. The van der Waals surface area contributed by atoms with Gasteiger partial charge in [-0.05, 0) is 36.4 Å². The molecule has 5 rings (SSSR count). The standard InChI is InChI=1S/C23H23N5O5S/c1-32-20-11-14(23(29)28-7-9-33-10-8-28)3-5-19(20)26-22-21-17(13-24-27-21)16-12-15(34(2,30)31)4-6-18(16)25-22/h3-6,11-13H,7-10H2,1-2H3,(H,24,27)(H,25,26). The summed E-state index contributed by atoms with van der Waals surface area (Å²) in [6.07, 6.45) is 2.81. The SMILES string of the molecule is COc1cc(C(=O)N2CCOCC2)ccc1Nc1nc2ccc(S(C)(=O)=O)cc2c2cn[nH]c12. The number of H-pyrrole nitrogens is 1. The second-order valence-electron chi connectivity index (χ2n) is 8.01. The lowest BCUT2D eigenvalue weighted by Crippen LogP contribution is -2.40. The molecule has 1 amide bonds. The molecule has 0 saturated carbocycles. The average molecular weight is 482 g/mol. The van der Waals surface area contributed by atoms with Gasteiger partial charge in [0, 0.05) is 35.7 Å². The number of hydrogen-bond acceptors (Lipinski definition) is 8. The molecule has 0 radical (unpaired) electrons. The maximum absolute atomic E-state index is 12.8. The minimum Gasteiger partial charge on any atom is -0.495 e. The predicted molar refractivity (Wildman–Crippen MR) is 128 cm³/mol. The van der Waals surface area contributed by atoms with Crippen LogP contribution in [0.1, 0.15) is 10.4 Å². The Kier molecular flexibility index (Phi) is 5.58. The van der Waals surface area contributed by atoms with E-state index in [0.717, 1.165) is 5.39 Å². The molecule has 2 N–H and O–H groups in total. The molecule has 0 spiro atoms. The van der Waals surface area contributed by atoms with E-state index < -0.39 is 9.84 Å². The van der Waals surface area contributed by atoms with Gasteiger partial charge in [0.25, 0.3) is 5.91 Å². The molecule has 11 heteroatoms. The maximum Gasteiger partial charge on any atom is 0.254 e. The Morgan fingerprint density at radius 2 is 1.94 bits per heavy atom. The third kappa shape index (κ3) is 4.03. The molecular formula is C23H23N5O5S. The van der Waals surface area contributed by atoms with Crippen molar-refractivity contribution in [3.05, 3.63) is 48.2 Å². The predicted octanol–water partition coefficient (Wildman–Crippen LogP) is 2.74. The molecule has 34 heavy (non-hydrogen) atoms. The molecule has 1 fully saturated rings. The fourth-order valence-corrected chi connectivity index (χ4v) is 4.65. The number of fused-ring (bicyclic) bond motifs is 3. The number of methoxy groups -OCH3 is 1. The van der Waals surface area contributed by atoms with E-state index in [0.29, 0.717) is 65.5 Å². The summed E-state index contributed by atoms with van der Waals surface area (Å²) >= 11 is 0. The Balaban J connectivity index is 1.52. The van der Waals surface area contributed by atoms with Crippen molar-refractivity contribution < 1.29 is 22.7 Å². The minimum absolute atomic E-state index is 0.0744. The molecule has 176 valence electrons. The smallest absolute Gasteiger partial charge is 0.254 e. The van der Waals surface area contributed by atoms with Gasteiger partial charge < -0.3 is 19.7 Å². The van der Waals surface area contributed by atoms with Crippen molar-refractivity contribution in [3.8, 4) is 5.75 Å². The number of benzene rings is 2. The fourth-order valence-electron chi connectivity index (χ4n) is 4.00. The van der Waals surface area contributed by atoms with E-state index in [9.17, 15) is 13.2 Å². The molecule has 0 atom stereocenters. The van der Waals surface area contributed by atoms with Crippen LogP contribution in [0.25, 0.3) is 21.8 Å². The van der Waals surface area contributed by atoms with Gasteiger partial charge in [-0.3, -0.25) is 9.89 Å². The van der Waals surface area contributed by atoms with E-state index in [1.807, 2.05) is 0 Å². The number of aromatic amines is 1. The number of hydrogen-bond donors (Lipinski definition) is 2. The lowest BCUT2D eigenvalue weighted by molar-refractivity contribution is 0.0302. The van der Waals surface area contributed by atoms with E-state index in [1.165, 1.54) is 19.4 Å². The van der Waals surface area contributed by atoms with Crippen LogP contribution in [0.2, 0.25) is 0 Å². The first-order valence-corrected chi connectivity index (χ1v) is 12.5. The highest BCUT2D eigenvalue weighted by molar-refractivity contribution is 7.90. The first-order chi connectivity index (χ1) is 16.3. The highest BCUT2D eigenvalue weighted by Gasteiger charge is 2.21. The van der Waals surface area contributed by atoms with Gasteiger partial charge in [-0.1, -0.05) is 0 Å². The number of carbonyl (C=O) groups is 1. The van der Waals surface area contributed by atoms with Crippen molar-refractivity contribution in [1.29, 1.82) is 0 Å². The number of rotatable bonds is 5. The van der Waals surface area contributed by atoms with Crippen molar-refractivity contribution in [2.45, 2.75) is 4.90 Å². The number of aromatic nitrogens is 3. The van der Waals surface area contributed by atoms with E-state index in [1.54, 1.807) is 41.4 Å². The Bertz CT molecular complexity index is 1510.